The summed E-state index contributed by atoms with van der Waals surface area (Å²) in [6, 6.07) is 8.81. The fourth-order valence-corrected chi connectivity index (χ4v) is 1.56. The first kappa shape index (κ1) is 12.5. The van der Waals surface area contributed by atoms with Gasteiger partial charge in [0, 0.05) is 5.33 Å². The van der Waals surface area contributed by atoms with Gasteiger partial charge in [0.25, 0.3) is 0 Å². The lowest BCUT2D eigenvalue weighted by molar-refractivity contribution is 0.590. The Balaban J connectivity index is 2.91. The molecule has 0 fully saturated rings. The van der Waals surface area contributed by atoms with Crippen LogP contribution >= 0.6 is 15.9 Å². The fraction of sp³-hybridized carbons (Fsp3) is 0.429. The second kappa shape index (κ2) is 4.98. The van der Waals surface area contributed by atoms with E-state index in [0.717, 1.165) is 5.33 Å². The van der Waals surface area contributed by atoms with Crippen LogP contribution in [0, 0.1) is 0 Å². The number of alkyl halides is 1. The van der Waals surface area contributed by atoms with Gasteiger partial charge < -0.3 is 0 Å². The average Bonchev–Trinajstić information content (AvgIpc) is 2.17. The van der Waals surface area contributed by atoms with E-state index in [2.05, 4.69) is 74.0 Å². The highest BCUT2D eigenvalue weighted by Crippen LogP contribution is 2.22. The van der Waals surface area contributed by atoms with Crippen LogP contribution in [0.5, 0.6) is 0 Å². The molecule has 1 heteroatoms. The highest BCUT2D eigenvalue weighted by atomic mass is 79.9. The van der Waals surface area contributed by atoms with Crippen LogP contribution in [0.25, 0.3) is 6.08 Å². The minimum absolute atomic E-state index is 0.243. The molecule has 15 heavy (non-hydrogen) atoms. The molecule has 0 aliphatic carbocycles. The van der Waals surface area contributed by atoms with Gasteiger partial charge in [0.1, 0.15) is 0 Å². The van der Waals surface area contributed by atoms with Crippen LogP contribution in [-0.4, -0.2) is 5.33 Å². The van der Waals surface area contributed by atoms with Gasteiger partial charge in [-0.3, -0.25) is 0 Å². The monoisotopic (exact) mass is 266 g/mol. The Morgan fingerprint density at radius 3 is 2.13 bits per heavy atom. The second-order valence-electron chi connectivity index (χ2n) is 5.00. The third kappa shape index (κ3) is 3.83. The maximum Gasteiger partial charge on any atom is 0.0242 e. The van der Waals surface area contributed by atoms with Gasteiger partial charge in [-0.1, -0.05) is 72.6 Å². The summed E-state index contributed by atoms with van der Waals surface area (Å²) in [6.45, 7) is 8.84. The van der Waals surface area contributed by atoms with E-state index in [1.54, 1.807) is 0 Å². The molecule has 1 rings (SSSR count). The molecule has 0 aliphatic heterocycles. The molecular formula is C14H19Br. The van der Waals surface area contributed by atoms with Gasteiger partial charge in [0.2, 0.25) is 0 Å². The molecule has 0 bridgehead atoms. The third-order valence-electron chi connectivity index (χ3n) is 2.40. The minimum atomic E-state index is 0.243. The van der Waals surface area contributed by atoms with E-state index >= 15 is 0 Å². The zero-order chi connectivity index (χ0) is 11.5. The Morgan fingerprint density at radius 2 is 1.73 bits per heavy atom. The summed E-state index contributed by atoms with van der Waals surface area (Å²) in [4.78, 5) is 0. The van der Waals surface area contributed by atoms with Crippen LogP contribution in [0.1, 0.15) is 38.8 Å². The van der Waals surface area contributed by atoms with E-state index in [9.17, 15) is 0 Å². The van der Waals surface area contributed by atoms with Crippen LogP contribution in [-0.2, 0) is 5.41 Å². The minimum Gasteiger partial charge on any atom is -0.0880 e. The first-order valence-corrected chi connectivity index (χ1v) is 6.39. The first-order valence-electron chi connectivity index (χ1n) is 5.27. The molecule has 0 saturated carbocycles. The molecule has 0 unspecified atom stereocenters. The fourth-order valence-electron chi connectivity index (χ4n) is 1.40. The van der Waals surface area contributed by atoms with Crippen molar-refractivity contribution >= 4 is 22.0 Å². The number of halogens is 1. The SMILES string of the molecule is CC(=Cc1ccc(C(C)(C)C)cc1)CBr. The molecule has 0 saturated heterocycles. The van der Waals surface area contributed by atoms with Crippen molar-refractivity contribution in [1.82, 2.24) is 0 Å². The number of rotatable bonds is 2. The van der Waals surface area contributed by atoms with Gasteiger partial charge >= 0.3 is 0 Å². The van der Waals surface area contributed by atoms with Gasteiger partial charge in [0.15, 0.2) is 0 Å². The number of hydrogen-bond acceptors (Lipinski definition) is 0. The normalized spacial score (nSPS) is 13.0. The molecule has 0 nitrogen and oxygen atoms in total. The van der Waals surface area contributed by atoms with Crippen molar-refractivity contribution in [3.63, 3.8) is 0 Å². The van der Waals surface area contributed by atoms with Gasteiger partial charge in [0.05, 0.1) is 0 Å². The van der Waals surface area contributed by atoms with E-state index in [4.69, 9.17) is 0 Å². The smallest absolute Gasteiger partial charge is 0.0242 e. The molecule has 0 atom stereocenters. The van der Waals surface area contributed by atoms with Crippen molar-refractivity contribution in [3.05, 3.63) is 41.0 Å². The molecular weight excluding hydrogens is 248 g/mol. The van der Waals surface area contributed by atoms with Crippen molar-refractivity contribution < 1.29 is 0 Å². The molecule has 0 aromatic heterocycles. The quantitative estimate of drug-likeness (QED) is 0.676. The van der Waals surface area contributed by atoms with Gasteiger partial charge in [-0.2, -0.15) is 0 Å². The Labute approximate surface area is 102 Å². The molecule has 0 amide bonds. The van der Waals surface area contributed by atoms with E-state index in [-0.39, 0.29) is 5.41 Å². The van der Waals surface area contributed by atoms with Crippen LogP contribution in [0.4, 0.5) is 0 Å². The summed E-state index contributed by atoms with van der Waals surface area (Å²) in [5, 5.41) is 0.939. The molecule has 0 heterocycles. The van der Waals surface area contributed by atoms with Crippen molar-refractivity contribution in [2.75, 3.05) is 5.33 Å². The van der Waals surface area contributed by atoms with Crippen LogP contribution in [0.15, 0.2) is 29.8 Å². The predicted molar refractivity (Wildman–Crippen MR) is 72.6 cm³/mol. The Morgan fingerprint density at radius 1 is 1.20 bits per heavy atom. The summed E-state index contributed by atoms with van der Waals surface area (Å²) in [5.41, 5.74) is 4.25. The van der Waals surface area contributed by atoms with E-state index < -0.39 is 0 Å². The lowest BCUT2D eigenvalue weighted by Gasteiger charge is -2.18. The zero-order valence-corrected chi connectivity index (χ0v) is 11.6. The van der Waals surface area contributed by atoms with Gasteiger partial charge in [-0.05, 0) is 23.5 Å². The second-order valence-corrected chi connectivity index (χ2v) is 5.56. The van der Waals surface area contributed by atoms with Crippen LogP contribution in [0.3, 0.4) is 0 Å². The largest absolute Gasteiger partial charge is 0.0880 e. The molecule has 0 spiro atoms. The van der Waals surface area contributed by atoms with E-state index in [1.165, 1.54) is 16.7 Å². The lowest BCUT2D eigenvalue weighted by Crippen LogP contribution is -2.10. The molecule has 1 aromatic carbocycles. The number of allylic oxidation sites excluding steroid dienone is 1. The highest BCUT2D eigenvalue weighted by molar-refractivity contribution is 9.09. The van der Waals surface area contributed by atoms with Crippen molar-refractivity contribution in [2.45, 2.75) is 33.1 Å². The summed E-state index contributed by atoms with van der Waals surface area (Å²) in [6.07, 6.45) is 2.21. The number of benzene rings is 1. The molecule has 0 aliphatic rings. The van der Waals surface area contributed by atoms with Crippen molar-refractivity contribution in [2.24, 2.45) is 0 Å². The summed E-state index contributed by atoms with van der Waals surface area (Å²) in [5.74, 6) is 0. The Hall–Kier alpha value is -0.560. The van der Waals surface area contributed by atoms with Gasteiger partial charge in [-0.25, -0.2) is 0 Å². The highest BCUT2D eigenvalue weighted by Gasteiger charge is 2.12. The zero-order valence-electron chi connectivity index (χ0n) is 9.97. The number of hydrogen-bond donors (Lipinski definition) is 0. The Kier molecular flexibility index (Phi) is 4.15. The predicted octanol–water partition coefficient (Wildman–Crippen LogP) is 4.78. The van der Waals surface area contributed by atoms with Crippen molar-refractivity contribution in [1.29, 1.82) is 0 Å². The van der Waals surface area contributed by atoms with Crippen LogP contribution < -0.4 is 0 Å². The maximum atomic E-state index is 3.45. The molecule has 0 radical (unpaired) electrons. The summed E-state index contributed by atoms with van der Waals surface area (Å²) < 4.78 is 0. The Bertz CT molecular complexity index is 339. The first-order chi connectivity index (χ1) is 6.93. The maximum absolute atomic E-state index is 3.45. The van der Waals surface area contributed by atoms with Crippen LogP contribution in [0.2, 0.25) is 0 Å². The van der Waals surface area contributed by atoms with Gasteiger partial charge in [-0.15, -0.1) is 0 Å². The van der Waals surface area contributed by atoms with Crippen molar-refractivity contribution in [3.8, 4) is 0 Å². The topological polar surface area (TPSA) is 0 Å². The summed E-state index contributed by atoms with van der Waals surface area (Å²) in [7, 11) is 0. The molecule has 1 aromatic rings. The molecule has 0 N–H and O–H groups in total. The standard InChI is InChI=1S/C14H19Br/c1-11(10-15)9-12-5-7-13(8-6-12)14(2,3)4/h5-9H,10H2,1-4H3. The summed E-state index contributed by atoms with van der Waals surface area (Å²) >= 11 is 3.45. The lowest BCUT2D eigenvalue weighted by atomic mass is 9.86. The third-order valence-corrected chi connectivity index (χ3v) is 3.29. The van der Waals surface area contributed by atoms with E-state index in [0.29, 0.717) is 0 Å². The molecule has 82 valence electrons. The average molecular weight is 267 g/mol. The van der Waals surface area contributed by atoms with E-state index in [1.807, 2.05) is 0 Å².